The van der Waals surface area contributed by atoms with Crippen LogP contribution in [0.5, 0.6) is 5.75 Å². The Morgan fingerprint density at radius 2 is 2.08 bits per heavy atom. The van der Waals surface area contributed by atoms with Crippen LogP contribution >= 0.6 is 0 Å². The molecule has 26 heavy (non-hydrogen) atoms. The van der Waals surface area contributed by atoms with E-state index in [-0.39, 0.29) is 18.5 Å². The van der Waals surface area contributed by atoms with Crippen molar-refractivity contribution in [3.8, 4) is 5.75 Å². The molecule has 0 saturated heterocycles. The molecule has 1 aliphatic heterocycles. The molecule has 1 aliphatic rings. The van der Waals surface area contributed by atoms with Crippen molar-refractivity contribution in [3.05, 3.63) is 33.9 Å². The van der Waals surface area contributed by atoms with Gasteiger partial charge in [-0.15, -0.1) is 0 Å². The second-order valence-electron chi connectivity index (χ2n) is 6.46. The van der Waals surface area contributed by atoms with E-state index in [4.69, 9.17) is 19.9 Å². The Labute approximate surface area is 154 Å². The summed E-state index contributed by atoms with van der Waals surface area (Å²) in [5.41, 5.74) is 10.6. The van der Waals surface area contributed by atoms with Gasteiger partial charge >= 0.3 is 11.9 Å². The van der Waals surface area contributed by atoms with E-state index in [1.54, 1.807) is 7.11 Å². The smallest absolute Gasteiger partial charge is 0.341 e. The predicted molar refractivity (Wildman–Crippen MR) is 99.2 cm³/mol. The fourth-order valence-corrected chi connectivity index (χ4v) is 3.05. The van der Waals surface area contributed by atoms with Gasteiger partial charge in [0.15, 0.2) is 0 Å². The Morgan fingerprint density at radius 3 is 2.73 bits per heavy atom. The number of nitrogen functional groups attached to an aromatic ring is 1. The molecule has 0 fully saturated rings. The Morgan fingerprint density at radius 1 is 1.35 bits per heavy atom. The van der Waals surface area contributed by atoms with Crippen molar-refractivity contribution >= 4 is 17.6 Å². The van der Waals surface area contributed by atoms with E-state index in [9.17, 15) is 9.59 Å². The summed E-state index contributed by atoms with van der Waals surface area (Å²) < 4.78 is 15.7. The third-order valence-electron chi connectivity index (χ3n) is 4.56. The van der Waals surface area contributed by atoms with Crippen LogP contribution in [0.4, 0.5) is 5.69 Å². The van der Waals surface area contributed by atoms with Crippen LogP contribution in [0.3, 0.4) is 0 Å². The molecule has 2 N–H and O–H groups in total. The number of hydrogen-bond acceptors (Lipinski definition) is 6. The summed E-state index contributed by atoms with van der Waals surface area (Å²) in [6.45, 7) is 6.52. The zero-order valence-electron chi connectivity index (χ0n) is 15.9. The minimum absolute atomic E-state index is 0.187. The second-order valence-corrected chi connectivity index (χ2v) is 6.46. The average molecular weight is 361 g/mol. The molecule has 0 aromatic heterocycles. The highest BCUT2D eigenvalue weighted by Crippen LogP contribution is 2.39. The molecule has 0 radical (unpaired) electrons. The summed E-state index contributed by atoms with van der Waals surface area (Å²) in [5.74, 6) is 0.114. The molecule has 2 rings (SSSR count). The van der Waals surface area contributed by atoms with Gasteiger partial charge in [-0.3, -0.25) is 4.79 Å². The molecule has 142 valence electrons. The summed E-state index contributed by atoms with van der Waals surface area (Å²) in [7, 11) is 1.59. The first-order chi connectivity index (χ1) is 12.4. The summed E-state index contributed by atoms with van der Waals surface area (Å²) in [6.07, 6.45) is 4.32. The molecule has 1 heterocycles. The van der Waals surface area contributed by atoms with Crippen LogP contribution in [0.1, 0.15) is 60.2 Å². The van der Waals surface area contributed by atoms with Gasteiger partial charge in [0.25, 0.3) is 0 Å². The number of carbonyl (C=O) groups is 2. The number of allylic oxidation sites excluding steroid dienone is 2. The number of ether oxygens (including phenoxy) is 3. The van der Waals surface area contributed by atoms with Crippen molar-refractivity contribution in [1.29, 1.82) is 0 Å². The van der Waals surface area contributed by atoms with Crippen LogP contribution in [-0.2, 0) is 27.3 Å². The summed E-state index contributed by atoms with van der Waals surface area (Å²) in [4.78, 5) is 23.6. The topological polar surface area (TPSA) is 87.8 Å². The van der Waals surface area contributed by atoms with Crippen molar-refractivity contribution < 1.29 is 23.8 Å². The van der Waals surface area contributed by atoms with Crippen molar-refractivity contribution in [3.63, 3.8) is 0 Å². The van der Waals surface area contributed by atoms with Gasteiger partial charge in [0.2, 0.25) is 0 Å². The highest BCUT2D eigenvalue weighted by molar-refractivity contribution is 6.00. The van der Waals surface area contributed by atoms with Crippen LogP contribution in [-0.4, -0.2) is 25.7 Å². The van der Waals surface area contributed by atoms with Crippen LogP contribution in [0.2, 0.25) is 0 Å². The monoisotopic (exact) mass is 361 g/mol. The lowest BCUT2D eigenvalue weighted by molar-refractivity contribution is -0.143. The van der Waals surface area contributed by atoms with Crippen molar-refractivity contribution in [1.82, 2.24) is 0 Å². The van der Waals surface area contributed by atoms with Crippen molar-refractivity contribution in [2.24, 2.45) is 0 Å². The molecule has 0 saturated carbocycles. The molecule has 0 spiro atoms. The minimum Gasteiger partial charge on any atom is -0.496 e. The highest BCUT2D eigenvalue weighted by Gasteiger charge is 2.30. The van der Waals surface area contributed by atoms with Crippen LogP contribution in [0, 0.1) is 6.92 Å². The molecule has 1 aromatic rings. The average Bonchev–Trinajstić information content (AvgIpc) is 3.02. The first-order valence-electron chi connectivity index (χ1n) is 8.86. The summed E-state index contributed by atoms with van der Waals surface area (Å²) in [5, 5.41) is 0. The predicted octanol–water partition coefficient (Wildman–Crippen LogP) is 3.48. The van der Waals surface area contributed by atoms with Gasteiger partial charge in [-0.25, -0.2) is 4.79 Å². The lowest BCUT2D eigenvalue weighted by Crippen LogP contribution is -2.08. The number of anilines is 1. The van der Waals surface area contributed by atoms with Crippen LogP contribution in [0.15, 0.2) is 11.6 Å². The summed E-state index contributed by atoms with van der Waals surface area (Å²) in [6, 6.07) is 0. The van der Waals surface area contributed by atoms with Gasteiger partial charge in [0.05, 0.1) is 25.0 Å². The number of fused-ring (bicyclic) bond motifs is 1. The van der Waals surface area contributed by atoms with E-state index in [1.807, 2.05) is 26.8 Å². The van der Waals surface area contributed by atoms with Crippen molar-refractivity contribution in [2.45, 2.75) is 53.1 Å². The van der Waals surface area contributed by atoms with Gasteiger partial charge in [-0.1, -0.05) is 18.6 Å². The Bertz CT molecular complexity index is 736. The molecule has 6 nitrogen and oxygen atoms in total. The summed E-state index contributed by atoms with van der Waals surface area (Å²) >= 11 is 0. The maximum absolute atomic E-state index is 12.0. The van der Waals surface area contributed by atoms with Gasteiger partial charge in [-0.05, 0) is 38.7 Å². The Balaban J connectivity index is 2.16. The van der Waals surface area contributed by atoms with E-state index >= 15 is 0 Å². The van der Waals surface area contributed by atoms with E-state index in [2.05, 4.69) is 0 Å². The lowest BCUT2D eigenvalue weighted by Gasteiger charge is -2.16. The minimum atomic E-state index is -0.385. The quantitative estimate of drug-likeness (QED) is 0.433. The molecular formula is C20H27NO5. The standard InChI is InChI=1S/C20H27NO5/c1-5-10-25-16(22)9-7-12(2)6-8-14-18(21)17-15(11-26-20(17)23)13(3)19(14)24-4/h6H,5,7-11,21H2,1-4H3. The number of rotatable bonds is 8. The number of carbonyl (C=O) groups excluding carboxylic acids is 2. The van der Waals surface area contributed by atoms with E-state index in [0.717, 1.165) is 28.7 Å². The number of cyclic esters (lactones) is 1. The zero-order chi connectivity index (χ0) is 19.3. The molecule has 0 amide bonds. The molecule has 0 unspecified atom stereocenters. The van der Waals surface area contributed by atoms with Crippen LogP contribution in [0.25, 0.3) is 0 Å². The lowest BCUT2D eigenvalue weighted by atomic mass is 9.94. The number of methoxy groups -OCH3 is 1. The highest BCUT2D eigenvalue weighted by atomic mass is 16.5. The second kappa shape index (κ2) is 8.74. The maximum Gasteiger partial charge on any atom is 0.341 e. The SMILES string of the molecule is CCCOC(=O)CCC(C)=CCc1c(N)c2c(c(C)c1OC)COC2=O. The molecule has 0 atom stereocenters. The first kappa shape index (κ1) is 19.8. The number of hydrogen-bond donors (Lipinski definition) is 1. The van der Waals surface area contributed by atoms with Gasteiger partial charge in [-0.2, -0.15) is 0 Å². The molecule has 1 aromatic carbocycles. The van der Waals surface area contributed by atoms with E-state index in [1.165, 1.54) is 0 Å². The van der Waals surface area contributed by atoms with E-state index < -0.39 is 0 Å². The normalized spacial score (nSPS) is 13.4. The third kappa shape index (κ3) is 4.18. The van der Waals surface area contributed by atoms with Crippen molar-refractivity contribution in [2.75, 3.05) is 19.5 Å². The fraction of sp³-hybridized carbons (Fsp3) is 0.500. The largest absolute Gasteiger partial charge is 0.496 e. The Hall–Kier alpha value is -2.50. The number of esters is 2. The third-order valence-corrected chi connectivity index (χ3v) is 4.56. The van der Waals surface area contributed by atoms with Crippen LogP contribution < -0.4 is 10.5 Å². The molecular weight excluding hydrogens is 334 g/mol. The van der Waals surface area contributed by atoms with Gasteiger partial charge in [0.1, 0.15) is 12.4 Å². The Kier molecular flexibility index (Phi) is 6.66. The van der Waals surface area contributed by atoms with E-state index in [0.29, 0.717) is 42.9 Å². The number of benzene rings is 1. The molecule has 0 aliphatic carbocycles. The molecule has 6 heteroatoms. The zero-order valence-corrected chi connectivity index (χ0v) is 15.9. The first-order valence-corrected chi connectivity index (χ1v) is 8.86. The molecule has 0 bridgehead atoms. The number of nitrogens with two attached hydrogens (primary N) is 1. The van der Waals surface area contributed by atoms with Gasteiger partial charge in [0, 0.05) is 17.5 Å². The van der Waals surface area contributed by atoms with Gasteiger partial charge < -0.3 is 19.9 Å². The fourth-order valence-electron chi connectivity index (χ4n) is 3.05. The maximum atomic E-state index is 12.0.